The van der Waals surface area contributed by atoms with E-state index in [2.05, 4.69) is 11.6 Å². The molecule has 1 heterocycles. The Hall–Kier alpha value is -1.57. The van der Waals surface area contributed by atoms with Gasteiger partial charge in [0, 0.05) is 5.56 Å². The molecule has 1 aliphatic rings. The summed E-state index contributed by atoms with van der Waals surface area (Å²) >= 11 is 0. The summed E-state index contributed by atoms with van der Waals surface area (Å²) in [5, 5.41) is 0. The molecule has 2 nitrogen and oxygen atoms in total. The fraction of sp³-hybridized carbons (Fsp3) is 0.182. The van der Waals surface area contributed by atoms with Crippen molar-refractivity contribution in [2.75, 3.05) is 13.2 Å². The summed E-state index contributed by atoms with van der Waals surface area (Å²) in [4.78, 5) is 4.24. The Balaban J connectivity index is 2.34. The second-order valence-electron chi connectivity index (χ2n) is 2.86. The lowest BCUT2D eigenvalue weighted by molar-refractivity contribution is 0.348. The maximum Gasteiger partial charge on any atom is 0.216 e. The third-order valence-electron chi connectivity index (χ3n) is 1.95. The van der Waals surface area contributed by atoms with E-state index in [9.17, 15) is 0 Å². The van der Waals surface area contributed by atoms with Crippen molar-refractivity contribution in [3.8, 4) is 0 Å². The van der Waals surface area contributed by atoms with Crippen LogP contribution in [0.15, 0.2) is 35.8 Å². The Bertz CT molecular complexity index is 355. The van der Waals surface area contributed by atoms with Crippen LogP contribution in [0.3, 0.4) is 0 Å². The number of nitrogens with zero attached hydrogens (tertiary/aromatic N) is 1. The van der Waals surface area contributed by atoms with E-state index in [0.717, 1.165) is 23.6 Å². The highest BCUT2D eigenvalue weighted by Crippen LogP contribution is 2.10. The van der Waals surface area contributed by atoms with E-state index in [4.69, 9.17) is 4.74 Å². The van der Waals surface area contributed by atoms with Gasteiger partial charge in [-0.15, -0.1) is 0 Å². The van der Waals surface area contributed by atoms with Gasteiger partial charge >= 0.3 is 0 Å². The molecule has 13 heavy (non-hydrogen) atoms. The van der Waals surface area contributed by atoms with Crippen molar-refractivity contribution in [3.63, 3.8) is 0 Å². The fourth-order valence-electron chi connectivity index (χ4n) is 1.31. The lowest BCUT2D eigenvalue weighted by Crippen LogP contribution is -2.00. The second kappa shape index (κ2) is 3.44. The largest absolute Gasteiger partial charge is 0.476 e. The van der Waals surface area contributed by atoms with Gasteiger partial charge in [-0.3, -0.25) is 0 Å². The van der Waals surface area contributed by atoms with Crippen LogP contribution in [0.1, 0.15) is 11.1 Å². The zero-order valence-corrected chi connectivity index (χ0v) is 7.36. The summed E-state index contributed by atoms with van der Waals surface area (Å²) in [6, 6.07) is 8.01. The van der Waals surface area contributed by atoms with E-state index in [0.29, 0.717) is 6.61 Å². The van der Waals surface area contributed by atoms with Gasteiger partial charge in [0.2, 0.25) is 5.90 Å². The van der Waals surface area contributed by atoms with E-state index >= 15 is 0 Å². The van der Waals surface area contributed by atoms with Gasteiger partial charge in [0.25, 0.3) is 0 Å². The highest BCUT2D eigenvalue weighted by molar-refractivity contribution is 5.95. The molecule has 2 heteroatoms. The van der Waals surface area contributed by atoms with Crippen LogP contribution in [0.4, 0.5) is 0 Å². The van der Waals surface area contributed by atoms with Crippen LogP contribution in [0.2, 0.25) is 0 Å². The predicted octanol–water partition coefficient (Wildman–Crippen LogP) is 2.11. The molecule has 0 saturated carbocycles. The van der Waals surface area contributed by atoms with Crippen molar-refractivity contribution >= 4 is 12.0 Å². The molecule has 0 amide bonds. The predicted molar refractivity (Wildman–Crippen MR) is 53.9 cm³/mol. The van der Waals surface area contributed by atoms with Gasteiger partial charge in [0.15, 0.2) is 0 Å². The Kier molecular flexibility index (Phi) is 2.13. The fourth-order valence-corrected chi connectivity index (χ4v) is 1.31. The number of hydrogen-bond donors (Lipinski definition) is 0. The SMILES string of the molecule is C=Cc1cccc(C2=NCCO2)c1. The van der Waals surface area contributed by atoms with Gasteiger partial charge < -0.3 is 4.74 Å². The third kappa shape index (κ3) is 1.61. The van der Waals surface area contributed by atoms with Crippen molar-refractivity contribution in [1.29, 1.82) is 0 Å². The Morgan fingerprint density at radius 2 is 2.38 bits per heavy atom. The number of rotatable bonds is 2. The van der Waals surface area contributed by atoms with Crippen LogP contribution in [0.5, 0.6) is 0 Å². The van der Waals surface area contributed by atoms with Gasteiger partial charge in [-0.1, -0.05) is 24.8 Å². The molecule has 2 rings (SSSR count). The second-order valence-corrected chi connectivity index (χ2v) is 2.86. The molecule has 0 N–H and O–H groups in total. The Morgan fingerprint density at radius 3 is 3.08 bits per heavy atom. The monoisotopic (exact) mass is 173 g/mol. The minimum absolute atomic E-state index is 0.702. The van der Waals surface area contributed by atoms with Crippen molar-refractivity contribution in [2.45, 2.75) is 0 Å². The zero-order valence-electron chi connectivity index (χ0n) is 7.36. The van der Waals surface area contributed by atoms with E-state index in [1.54, 1.807) is 0 Å². The summed E-state index contributed by atoms with van der Waals surface area (Å²) in [5.41, 5.74) is 2.13. The average molecular weight is 173 g/mol. The highest BCUT2D eigenvalue weighted by Gasteiger charge is 2.09. The zero-order chi connectivity index (χ0) is 9.10. The van der Waals surface area contributed by atoms with Gasteiger partial charge in [-0.25, -0.2) is 4.99 Å². The quantitative estimate of drug-likeness (QED) is 0.671. The summed E-state index contributed by atoms with van der Waals surface area (Å²) < 4.78 is 5.35. The average Bonchev–Trinajstić information content (AvgIpc) is 2.71. The Morgan fingerprint density at radius 1 is 1.46 bits per heavy atom. The standard InChI is InChI=1S/C11H11NO/c1-2-9-4-3-5-10(8-9)11-12-6-7-13-11/h2-5,8H,1,6-7H2. The maximum absolute atomic E-state index is 5.35. The van der Waals surface area contributed by atoms with E-state index in [1.165, 1.54) is 0 Å². The van der Waals surface area contributed by atoms with Crippen LogP contribution >= 0.6 is 0 Å². The number of benzene rings is 1. The summed E-state index contributed by atoms with van der Waals surface area (Å²) in [6.45, 7) is 5.19. The molecule has 0 atom stereocenters. The minimum Gasteiger partial charge on any atom is -0.476 e. The Labute approximate surface area is 77.6 Å². The smallest absolute Gasteiger partial charge is 0.216 e. The molecule has 0 radical (unpaired) electrons. The molecule has 0 fully saturated rings. The first-order valence-electron chi connectivity index (χ1n) is 4.30. The first-order valence-corrected chi connectivity index (χ1v) is 4.30. The number of aliphatic imine (C=N–C) groups is 1. The summed E-state index contributed by atoms with van der Waals surface area (Å²) in [5.74, 6) is 0.753. The molecule has 0 aromatic heterocycles. The lowest BCUT2D eigenvalue weighted by atomic mass is 10.1. The molecular formula is C11H11NO. The van der Waals surface area contributed by atoms with Crippen LogP contribution in [-0.2, 0) is 4.74 Å². The van der Waals surface area contributed by atoms with Crippen LogP contribution in [0, 0.1) is 0 Å². The summed E-state index contributed by atoms with van der Waals surface area (Å²) in [6.07, 6.45) is 1.82. The first kappa shape index (κ1) is 8.05. The molecule has 66 valence electrons. The first-order chi connectivity index (χ1) is 6.40. The molecule has 1 aromatic rings. The van der Waals surface area contributed by atoms with Crippen molar-refractivity contribution < 1.29 is 4.74 Å². The van der Waals surface area contributed by atoms with Gasteiger partial charge in [-0.2, -0.15) is 0 Å². The molecular weight excluding hydrogens is 162 g/mol. The van der Waals surface area contributed by atoms with Gasteiger partial charge in [0.05, 0.1) is 6.54 Å². The molecule has 0 aliphatic carbocycles. The number of hydrogen-bond acceptors (Lipinski definition) is 2. The minimum atomic E-state index is 0.702. The normalized spacial score (nSPS) is 14.9. The van der Waals surface area contributed by atoms with Gasteiger partial charge in [-0.05, 0) is 17.7 Å². The van der Waals surface area contributed by atoms with E-state index in [1.807, 2.05) is 30.3 Å². The van der Waals surface area contributed by atoms with Crippen LogP contribution in [-0.4, -0.2) is 19.0 Å². The number of ether oxygens (including phenoxy) is 1. The maximum atomic E-state index is 5.35. The molecule has 0 saturated heterocycles. The van der Waals surface area contributed by atoms with Crippen molar-refractivity contribution in [3.05, 3.63) is 42.0 Å². The van der Waals surface area contributed by atoms with E-state index in [-0.39, 0.29) is 0 Å². The third-order valence-corrected chi connectivity index (χ3v) is 1.95. The topological polar surface area (TPSA) is 21.6 Å². The van der Waals surface area contributed by atoms with Crippen molar-refractivity contribution in [2.24, 2.45) is 4.99 Å². The molecule has 0 bridgehead atoms. The molecule has 0 unspecified atom stereocenters. The molecule has 0 spiro atoms. The van der Waals surface area contributed by atoms with Crippen LogP contribution in [0.25, 0.3) is 6.08 Å². The lowest BCUT2D eigenvalue weighted by Gasteiger charge is -2.01. The summed E-state index contributed by atoms with van der Waals surface area (Å²) in [7, 11) is 0. The van der Waals surface area contributed by atoms with Gasteiger partial charge in [0.1, 0.15) is 6.61 Å². The molecule has 1 aliphatic heterocycles. The van der Waals surface area contributed by atoms with E-state index < -0.39 is 0 Å². The highest BCUT2D eigenvalue weighted by atomic mass is 16.5. The molecule has 1 aromatic carbocycles. The van der Waals surface area contributed by atoms with Crippen LogP contribution < -0.4 is 0 Å². The van der Waals surface area contributed by atoms with Crippen molar-refractivity contribution in [1.82, 2.24) is 0 Å².